The second-order valence-electron chi connectivity index (χ2n) is 6.32. The fourth-order valence-electron chi connectivity index (χ4n) is 2.56. The molecule has 0 bridgehead atoms. The molecule has 0 aliphatic rings. The molecule has 0 amide bonds. The van der Waals surface area contributed by atoms with Crippen LogP contribution in [0.1, 0.15) is 21.5 Å². The van der Waals surface area contributed by atoms with Crippen molar-refractivity contribution in [3.63, 3.8) is 0 Å². The van der Waals surface area contributed by atoms with Gasteiger partial charge in [0.15, 0.2) is 0 Å². The lowest BCUT2D eigenvalue weighted by molar-refractivity contribution is 0.0597. The smallest absolute Gasteiger partial charge is 0.341 e. The van der Waals surface area contributed by atoms with Crippen molar-refractivity contribution < 1.29 is 19.0 Å². The van der Waals surface area contributed by atoms with Gasteiger partial charge in [-0.3, -0.25) is 0 Å². The summed E-state index contributed by atoms with van der Waals surface area (Å²) in [5, 5.41) is 0. The molecule has 140 valence electrons. The molecule has 0 spiro atoms. The molecule has 26 heavy (non-hydrogen) atoms. The number of nitrogens with zero attached hydrogens (tertiary/aromatic N) is 1. The van der Waals surface area contributed by atoms with Gasteiger partial charge in [0.05, 0.1) is 14.2 Å². The summed E-state index contributed by atoms with van der Waals surface area (Å²) < 4.78 is 15.8. The number of ether oxygens (including phenoxy) is 3. The van der Waals surface area contributed by atoms with E-state index >= 15 is 0 Å². The standard InChI is InChI=1S/C21H27NO4/c1-22(2)13-14-26-18-10-7-16(8-11-18)5-6-17-9-12-19(21(23)25-4)20(15-17)24-3/h7-12,15H,5-6,13-14H2,1-4H3. The Morgan fingerprint density at radius 1 is 0.962 bits per heavy atom. The molecule has 2 aromatic rings. The molecule has 5 nitrogen and oxygen atoms in total. The zero-order chi connectivity index (χ0) is 18.9. The SMILES string of the molecule is COC(=O)c1ccc(CCc2ccc(OCCN(C)C)cc2)cc1OC. The van der Waals surface area contributed by atoms with Crippen LogP contribution in [-0.2, 0) is 17.6 Å². The van der Waals surface area contributed by atoms with E-state index in [-0.39, 0.29) is 0 Å². The molecule has 0 unspecified atom stereocenters. The van der Waals surface area contributed by atoms with Crippen LogP contribution in [0.4, 0.5) is 0 Å². The lowest BCUT2D eigenvalue weighted by atomic mass is 10.0. The summed E-state index contributed by atoms with van der Waals surface area (Å²) in [5.41, 5.74) is 2.79. The molecule has 0 fully saturated rings. The quantitative estimate of drug-likeness (QED) is 0.645. The number of benzene rings is 2. The molecule has 0 aromatic heterocycles. The maximum absolute atomic E-state index is 11.7. The van der Waals surface area contributed by atoms with Crippen molar-refractivity contribution in [3.05, 3.63) is 59.2 Å². The first-order chi connectivity index (χ1) is 12.5. The fourth-order valence-corrected chi connectivity index (χ4v) is 2.56. The second kappa shape index (κ2) is 9.82. The van der Waals surface area contributed by atoms with Gasteiger partial charge in [0.1, 0.15) is 23.7 Å². The van der Waals surface area contributed by atoms with E-state index in [2.05, 4.69) is 17.0 Å². The number of carbonyl (C=O) groups is 1. The average Bonchev–Trinajstić information content (AvgIpc) is 2.66. The third-order valence-electron chi connectivity index (χ3n) is 4.10. The molecule has 0 radical (unpaired) electrons. The highest BCUT2D eigenvalue weighted by Gasteiger charge is 2.13. The van der Waals surface area contributed by atoms with E-state index in [1.165, 1.54) is 12.7 Å². The van der Waals surface area contributed by atoms with Crippen molar-refractivity contribution in [3.8, 4) is 11.5 Å². The number of aryl methyl sites for hydroxylation is 2. The Labute approximate surface area is 155 Å². The Morgan fingerprint density at radius 2 is 1.62 bits per heavy atom. The number of likely N-dealkylation sites (N-methyl/N-ethyl adjacent to an activating group) is 1. The minimum absolute atomic E-state index is 0.391. The Bertz CT molecular complexity index is 710. The lowest BCUT2D eigenvalue weighted by Crippen LogP contribution is -2.19. The Hall–Kier alpha value is -2.53. The number of hydrogen-bond acceptors (Lipinski definition) is 5. The maximum atomic E-state index is 11.7. The van der Waals surface area contributed by atoms with Crippen molar-refractivity contribution in [2.24, 2.45) is 0 Å². The van der Waals surface area contributed by atoms with Gasteiger partial charge in [0.25, 0.3) is 0 Å². The molecule has 5 heteroatoms. The van der Waals surface area contributed by atoms with Crippen LogP contribution in [0.25, 0.3) is 0 Å². The van der Waals surface area contributed by atoms with Crippen molar-refractivity contribution in [2.45, 2.75) is 12.8 Å². The van der Waals surface area contributed by atoms with Gasteiger partial charge in [-0.1, -0.05) is 18.2 Å². The van der Waals surface area contributed by atoms with Crippen LogP contribution >= 0.6 is 0 Å². The highest BCUT2D eigenvalue weighted by Crippen LogP contribution is 2.22. The summed E-state index contributed by atoms with van der Waals surface area (Å²) in [4.78, 5) is 13.8. The van der Waals surface area contributed by atoms with Crippen LogP contribution in [0, 0.1) is 0 Å². The molecule has 0 saturated heterocycles. The van der Waals surface area contributed by atoms with Crippen molar-refractivity contribution in [1.29, 1.82) is 0 Å². The minimum Gasteiger partial charge on any atom is -0.496 e. The predicted molar refractivity (Wildman–Crippen MR) is 102 cm³/mol. The van der Waals surface area contributed by atoms with Crippen LogP contribution < -0.4 is 9.47 Å². The third kappa shape index (κ3) is 5.77. The molecule has 2 aromatic carbocycles. The molecule has 0 atom stereocenters. The van der Waals surface area contributed by atoms with Crippen molar-refractivity contribution >= 4 is 5.97 Å². The molecule has 0 aliphatic heterocycles. The number of rotatable bonds is 9. The highest BCUT2D eigenvalue weighted by molar-refractivity contribution is 5.92. The van der Waals surface area contributed by atoms with Crippen LogP contribution in [-0.4, -0.2) is 52.3 Å². The van der Waals surface area contributed by atoms with Gasteiger partial charge in [-0.2, -0.15) is 0 Å². The summed E-state index contributed by atoms with van der Waals surface area (Å²) >= 11 is 0. The minimum atomic E-state index is -0.391. The van der Waals surface area contributed by atoms with Crippen LogP contribution in [0.2, 0.25) is 0 Å². The van der Waals surface area contributed by atoms with E-state index in [0.717, 1.165) is 30.7 Å². The summed E-state index contributed by atoms with van der Waals surface area (Å²) in [6.07, 6.45) is 1.76. The monoisotopic (exact) mass is 357 g/mol. The first kappa shape index (κ1) is 19.8. The molecule has 0 heterocycles. The van der Waals surface area contributed by atoms with Gasteiger partial charge in [-0.25, -0.2) is 4.79 Å². The van der Waals surface area contributed by atoms with Gasteiger partial charge in [0.2, 0.25) is 0 Å². The Morgan fingerprint density at radius 3 is 2.23 bits per heavy atom. The second-order valence-corrected chi connectivity index (χ2v) is 6.32. The van der Waals surface area contributed by atoms with E-state index in [4.69, 9.17) is 14.2 Å². The van der Waals surface area contributed by atoms with E-state index in [1.807, 2.05) is 38.4 Å². The Kier molecular flexibility index (Phi) is 7.48. The van der Waals surface area contributed by atoms with Crippen LogP contribution in [0.5, 0.6) is 11.5 Å². The number of methoxy groups -OCH3 is 2. The summed E-state index contributed by atoms with van der Waals surface area (Å²) in [5.74, 6) is 1.04. The van der Waals surface area contributed by atoms with E-state index < -0.39 is 5.97 Å². The first-order valence-electron chi connectivity index (χ1n) is 8.65. The normalized spacial score (nSPS) is 10.7. The zero-order valence-electron chi connectivity index (χ0n) is 16.0. The summed E-state index contributed by atoms with van der Waals surface area (Å²) in [7, 11) is 6.97. The Balaban J connectivity index is 1.93. The van der Waals surface area contributed by atoms with E-state index in [9.17, 15) is 4.79 Å². The van der Waals surface area contributed by atoms with Crippen molar-refractivity contribution in [1.82, 2.24) is 4.90 Å². The molecule has 2 rings (SSSR count). The van der Waals surface area contributed by atoms with E-state index in [1.54, 1.807) is 13.2 Å². The number of hydrogen-bond donors (Lipinski definition) is 0. The van der Waals surface area contributed by atoms with Crippen LogP contribution in [0.15, 0.2) is 42.5 Å². The summed E-state index contributed by atoms with van der Waals surface area (Å²) in [6, 6.07) is 13.8. The lowest BCUT2D eigenvalue weighted by Gasteiger charge is -2.11. The molecule has 0 N–H and O–H groups in total. The maximum Gasteiger partial charge on any atom is 0.341 e. The average molecular weight is 357 g/mol. The predicted octanol–water partition coefficient (Wildman–Crippen LogP) is 3.21. The topological polar surface area (TPSA) is 48.0 Å². The molecular weight excluding hydrogens is 330 g/mol. The highest BCUT2D eigenvalue weighted by atomic mass is 16.5. The zero-order valence-corrected chi connectivity index (χ0v) is 16.0. The van der Waals surface area contributed by atoms with E-state index in [0.29, 0.717) is 17.9 Å². The van der Waals surface area contributed by atoms with Gasteiger partial charge in [-0.05, 0) is 62.3 Å². The van der Waals surface area contributed by atoms with Crippen molar-refractivity contribution in [2.75, 3.05) is 41.5 Å². The number of carbonyl (C=O) groups excluding carboxylic acids is 1. The van der Waals surface area contributed by atoms with Gasteiger partial charge >= 0.3 is 5.97 Å². The van der Waals surface area contributed by atoms with Gasteiger partial charge in [-0.15, -0.1) is 0 Å². The van der Waals surface area contributed by atoms with Gasteiger partial charge in [0, 0.05) is 6.54 Å². The number of esters is 1. The van der Waals surface area contributed by atoms with Gasteiger partial charge < -0.3 is 19.1 Å². The summed E-state index contributed by atoms with van der Waals surface area (Å²) in [6.45, 7) is 1.57. The largest absolute Gasteiger partial charge is 0.496 e. The molecule has 0 aliphatic carbocycles. The molecule has 0 saturated carbocycles. The van der Waals surface area contributed by atoms with Crippen LogP contribution in [0.3, 0.4) is 0 Å². The fraction of sp³-hybridized carbons (Fsp3) is 0.381. The first-order valence-corrected chi connectivity index (χ1v) is 8.65. The molecular formula is C21H27NO4. The third-order valence-corrected chi connectivity index (χ3v) is 4.10.